The lowest BCUT2D eigenvalue weighted by Crippen LogP contribution is -2.86. The second kappa shape index (κ2) is 2.61. The van der Waals surface area contributed by atoms with Gasteiger partial charge in [0.25, 0.3) is 0 Å². The summed E-state index contributed by atoms with van der Waals surface area (Å²) in [7, 11) is 0. The van der Waals surface area contributed by atoms with Crippen molar-refractivity contribution in [2.24, 2.45) is 92.7 Å². The van der Waals surface area contributed by atoms with Crippen LogP contribution in [0.25, 0.3) is 0 Å². The molecule has 0 aliphatic heterocycles. The summed E-state index contributed by atoms with van der Waals surface area (Å²) in [5.74, 6) is 10.6. The fraction of sp³-hybridized carbons (Fsp3) is 0.917. The van der Waals surface area contributed by atoms with Crippen LogP contribution in [0.3, 0.4) is 0 Å². The largest absolute Gasteiger partial charge is 0.299 e. The van der Waals surface area contributed by atoms with Crippen molar-refractivity contribution in [1.82, 2.24) is 0 Å². The molecule has 0 heterocycles. The smallest absolute Gasteiger partial charge is 0.137 e. The summed E-state index contributed by atoms with van der Waals surface area (Å²) in [4.78, 5) is 27.1. The number of carbonyl (C=O) groups excluding carboxylic acids is 2. The van der Waals surface area contributed by atoms with E-state index in [1.807, 2.05) is 0 Å². The van der Waals surface area contributed by atoms with Crippen LogP contribution in [0.4, 0.5) is 0 Å². The maximum atomic E-state index is 13.5. The molecular formula is C24H24O2. The molecule has 0 aromatic rings. The zero-order valence-corrected chi connectivity index (χ0v) is 15.0. The minimum Gasteiger partial charge on any atom is -0.299 e. The fourth-order valence-corrected chi connectivity index (χ4v) is 17.2. The van der Waals surface area contributed by atoms with E-state index in [1.54, 1.807) is 0 Å². The Morgan fingerprint density at radius 3 is 1.35 bits per heavy atom. The highest BCUT2D eigenvalue weighted by atomic mass is 16.1. The molecule has 15 fully saturated rings. The molecule has 15 aliphatic rings. The second-order valence-corrected chi connectivity index (χ2v) is 12.9. The van der Waals surface area contributed by atoms with Crippen molar-refractivity contribution < 1.29 is 9.59 Å². The van der Waals surface area contributed by atoms with Crippen LogP contribution in [-0.2, 0) is 9.59 Å². The first-order valence-corrected chi connectivity index (χ1v) is 11.8. The third-order valence-corrected chi connectivity index (χ3v) is 14.8. The lowest BCUT2D eigenvalue weighted by atomic mass is 9.15. The Kier molecular flexibility index (Phi) is 1.20. The topological polar surface area (TPSA) is 34.1 Å². The van der Waals surface area contributed by atoms with Gasteiger partial charge in [-0.1, -0.05) is 0 Å². The lowest BCUT2D eigenvalue weighted by molar-refractivity contribution is -0.407. The summed E-state index contributed by atoms with van der Waals surface area (Å²) in [5, 5.41) is 0. The number of hydrogen-bond acceptors (Lipinski definition) is 2. The lowest BCUT2D eigenvalue weighted by Gasteiger charge is -2.87. The Morgan fingerprint density at radius 2 is 0.885 bits per heavy atom. The summed E-state index contributed by atoms with van der Waals surface area (Å²) >= 11 is 0. The van der Waals surface area contributed by atoms with Crippen molar-refractivity contribution in [3.05, 3.63) is 0 Å². The molecule has 0 saturated heterocycles. The Labute approximate surface area is 152 Å². The quantitative estimate of drug-likeness (QED) is 0.677. The van der Waals surface area contributed by atoms with Crippen molar-refractivity contribution >= 4 is 11.6 Å². The molecule has 0 radical (unpaired) electrons. The van der Waals surface area contributed by atoms with Crippen LogP contribution in [0, 0.1) is 92.7 Å². The number of ketones is 2. The highest BCUT2D eigenvalue weighted by molar-refractivity contribution is 5.96. The Balaban J connectivity index is 1.46. The van der Waals surface area contributed by atoms with Crippen LogP contribution in [0.2, 0.25) is 0 Å². The third-order valence-electron chi connectivity index (χ3n) is 14.8. The van der Waals surface area contributed by atoms with Gasteiger partial charge < -0.3 is 0 Å². The zero-order valence-electron chi connectivity index (χ0n) is 15.0. The van der Waals surface area contributed by atoms with Crippen LogP contribution in [0.1, 0.15) is 38.5 Å². The molecule has 26 heavy (non-hydrogen) atoms. The van der Waals surface area contributed by atoms with Crippen molar-refractivity contribution in [2.45, 2.75) is 38.5 Å². The van der Waals surface area contributed by atoms with Crippen LogP contribution in [0.15, 0.2) is 0 Å². The first kappa shape index (κ1) is 12.0. The monoisotopic (exact) mass is 344 g/mol. The first-order chi connectivity index (χ1) is 12.7. The third kappa shape index (κ3) is 0.522. The molecule has 4 spiro atoms. The van der Waals surface area contributed by atoms with Gasteiger partial charge in [-0.3, -0.25) is 9.59 Å². The molecule has 15 aliphatic carbocycles. The highest BCUT2D eigenvalue weighted by Crippen LogP contribution is 3.17. The molecule has 0 aromatic heterocycles. The maximum absolute atomic E-state index is 13.5. The highest BCUT2D eigenvalue weighted by Gasteiger charge is 3.15. The van der Waals surface area contributed by atoms with Gasteiger partial charge in [0.05, 0.1) is 0 Å². The summed E-state index contributed by atoms with van der Waals surface area (Å²) in [6, 6.07) is 0. The van der Waals surface area contributed by atoms with E-state index in [4.69, 9.17) is 0 Å². The van der Waals surface area contributed by atoms with Gasteiger partial charge in [-0.15, -0.1) is 0 Å². The number of hydrogen-bond donors (Lipinski definition) is 0. The van der Waals surface area contributed by atoms with Gasteiger partial charge in [-0.05, 0) is 107 Å². The van der Waals surface area contributed by atoms with Gasteiger partial charge in [-0.2, -0.15) is 0 Å². The van der Waals surface area contributed by atoms with Crippen molar-refractivity contribution in [3.63, 3.8) is 0 Å². The Hall–Kier alpha value is -0.660. The van der Waals surface area contributed by atoms with E-state index in [2.05, 4.69) is 0 Å². The molecule has 15 saturated carbocycles. The van der Waals surface area contributed by atoms with E-state index in [9.17, 15) is 9.59 Å². The molecule has 0 N–H and O–H groups in total. The van der Waals surface area contributed by atoms with E-state index in [0.29, 0.717) is 51.0 Å². The molecule has 0 aromatic carbocycles. The van der Waals surface area contributed by atoms with Gasteiger partial charge in [0.2, 0.25) is 0 Å². The zero-order chi connectivity index (χ0) is 16.3. The standard InChI is InChI=1S/C24H24O2/c25-13-5-11-17-12-6-14(26)20-18(17)19(13)23-9-3-1-7-15-8-2-4-10(16(9)15)24(20,23)22(8,12)21(7,11)23/h7-12,15-20H,1-6H2/t7?,8?,9?,10?,11-,12+,15?,16?,17?,18?,19+,20-,21?,22?,23?,24?. The molecule has 2 nitrogen and oxygen atoms in total. The summed E-state index contributed by atoms with van der Waals surface area (Å²) in [6.07, 6.45) is 7.79. The van der Waals surface area contributed by atoms with Crippen LogP contribution < -0.4 is 0 Å². The van der Waals surface area contributed by atoms with Gasteiger partial charge in [0, 0.05) is 24.7 Å². The van der Waals surface area contributed by atoms with Gasteiger partial charge in [-0.25, -0.2) is 0 Å². The minimum atomic E-state index is 0.364. The number of Topliss-reactive ketones (excluding diaryl/α,β-unsaturated/α-hetero) is 2. The molecular weight excluding hydrogens is 320 g/mol. The normalized spacial score (nSPS) is 87.8. The van der Waals surface area contributed by atoms with Gasteiger partial charge >= 0.3 is 0 Å². The molecule has 0 amide bonds. The van der Waals surface area contributed by atoms with E-state index >= 15 is 0 Å². The number of carbonyl (C=O) groups is 2. The summed E-state index contributed by atoms with van der Waals surface area (Å²) in [5.41, 5.74) is 1.93. The Bertz CT molecular complexity index is 909. The molecule has 2 heteroatoms. The number of fused-ring (bicyclic) bond motifs is 3. The fourth-order valence-electron chi connectivity index (χ4n) is 17.2. The van der Waals surface area contributed by atoms with Crippen LogP contribution in [0.5, 0.6) is 0 Å². The van der Waals surface area contributed by atoms with E-state index in [-0.39, 0.29) is 0 Å². The van der Waals surface area contributed by atoms with Crippen LogP contribution >= 0.6 is 0 Å². The first-order valence-electron chi connectivity index (χ1n) is 11.8. The predicted molar refractivity (Wildman–Crippen MR) is 89.3 cm³/mol. The minimum absolute atomic E-state index is 0.364. The van der Waals surface area contributed by atoms with E-state index in [0.717, 1.165) is 66.1 Å². The molecule has 132 valence electrons. The van der Waals surface area contributed by atoms with E-state index < -0.39 is 0 Å². The number of rotatable bonds is 0. The predicted octanol–water partition coefficient (Wildman–Crippen LogP) is 2.95. The summed E-state index contributed by atoms with van der Waals surface area (Å²) < 4.78 is 0. The van der Waals surface area contributed by atoms with Gasteiger partial charge in [0.1, 0.15) is 11.6 Å². The Morgan fingerprint density at radius 1 is 0.500 bits per heavy atom. The molecule has 16 atom stereocenters. The molecule has 15 rings (SSSR count). The second-order valence-electron chi connectivity index (χ2n) is 12.9. The van der Waals surface area contributed by atoms with Gasteiger partial charge in [0.15, 0.2) is 0 Å². The average molecular weight is 344 g/mol. The van der Waals surface area contributed by atoms with Crippen molar-refractivity contribution in [3.8, 4) is 0 Å². The summed E-state index contributed by atoms with van der Waals surface area (Å²) in [6.45, 7) is 0. The average Bonchev–Trinajstić information content (AvgIpc) is 3.07. The SMILES string of the molecule is O=C1C[C@H]2C3C4[C@@H]1C15C6CCC7C8C6C6CCC8C8([C@@H]3CC(=O)[C@@H]4C681)C725. The molecule has 12 unspecified atom stereocenters. The van der Waals surface area contributed by atoms with E-state index in [1.165, 1.54) is 25.7 Å². The molecule has 14 bridgehead atoms. The van der Waals surface area contributed by atoms with Crippen LogP contribution in [-0.4, -0.2) is 11.6 Å². The van der Waals surface area contributed by atoms with Crippen molar-refractivity contribution in [1.29, 1.82) is 0 Å². The maximum Gasteiger partial charge on any atom is 0.137 e. The van der Waals surface area contributed by atoms with Crippen molar-refractivity contribution in [2.75, 3.05) is 0 Å².